The van der Waals surface area contributed by atoms with E-state index in [2.05, 4.69) is 5.32 Å². The summed E-state index contributed by atoms with van der Waals surface area (Å²) in [6.07, 6.45) is -1.90. The Bertz CT molecular complexity index is 1060. The van der Waals surface area contributed by atoms with E-state index in [4.69, 9.17) is 23.7 Å². The van der Waals surface area contributed by atoms with Crippen molar-refractivity contribution in [1.82, 2.24) is 5.32 Å². The number of benzene rings is 1. The summed E-state index contributed by atoms with van der Waals surface area (Å²) in [6, 6.07) is 3.78. The number of carboxylic acid groups (broad SMARTS) is 1. The molecule has 1 unspecified atom stereocenters. The van der Waals surface area contributed by atoms with Crippen LogP contribution in [0, 0.1) is 5.41 Å². The van der Waals surface area contributed by atoms with Gasteiger partial charge in [0.2, 0.25) is 0 Å². The summed E-state index contributed by atoms with van der Waals surface area (Å²) in [5, 5.41) is 13.2. The van der Waals surface area contributed by atoms with Gasteiger partial charge in [-0.2, -0.15) is 0 Å². The molecule has 0 aliphatic carbocycles. The van der Waals surface area contributed by atoms with E-state index in [0.717, 1.165) is 0 Å². The zero-order valence-corrected chi connectivity index (χ0v) is 25.6. The Kier molecular flexibility index (Phi) is 11.6. The molecule has 0 heterocycles. The molecule has 2 N–H and O–H groups in total. The van der Waals surface area contributed by atoms with Crippen molar-refractivity contribution in [2.24, 2.45) is 5.41 Å². The topological polar surface area (TPSA) is 147 Å². The van der Waals surface area contributed by atoms with Gasteiger partial charge in [0.15, 0.2) is 11.5 Å². The lowest BCUT2D eigenvalue weighted by Crippen LogP contribution is -2.59. The van der Waals surface area contributed by atoms with Gasteiger partial charge in [-0.05, 0) is 78.0 Å². The first-order valence-electron chi connectivity index (χ1n) is 13.2. The van der Waals surface area contributed by atoms with Gasteiger partial charge < -0.3 is 28.8 Å². The Morgan fingerprint density at radius 3 is 1.75 bits per heavy atom. The van der Waals surface area contributed by atoms with Gasteiger partial charge in [0.25, 0.3) is 5.72 Å². The van der Waals surface area contributed by atoms with Gasteiger partial charge in [-0.3, -0.25) is 10.1 Å². The quantitative estimate of drug-likeness (QED) is 0.148. The highest BCUT2D eigenvalue weighted by Gasteiger charge is 2.44. The van der Waals surface area contributed by atoms with Crippen molar-refractivity contribution in [1.29, 1.82) is 0 Å². The molecule has 0 aromatic heterocycles. The van der Waals surface area contributed by atoms with Crippen molar-refractivity contribution in [3.63, 3.8) is 0 Å². The first-order valence-corrected chi connectivity index (χ1v) is 13.2. The molecule has 11 heteroatoms. The maximum Gasteiger partial charge on any atom is 0.514 e. The number of rotatable bonds is 10. The van der Waals surface area contributed by atoms with Crippen LogP contribution in [0.5, 0.6) is 11.5 Å². The maximum absolute atomic E-state index is 12.8. The van der Waals surface area contributed by atoms with Crippen LogP contribution in [0.4, 0.5) is 9.59 Å². The standard InChI is InChI=1S/C29H45NO10/c1-12-18(2)30-29(23(32)33,38-22(31)17-26(3,4)5)16-19-13-14-20(36-24(34)39-27(6,7)8)21(15-19)37-25(35)40-28(9,10)11/h13-15,18,30H,12,16-17H2,1-11H3,(H,32,33)/t18?,29-/m0/s1. The number of carbonyl (C=O) groups is 4. The largest absolute Gasteiger partial charge is 0.514 e. The third-order valence-corrected chi connectivity index (χ3v) is 5.03. The molecule has 1 aromatic rings. The van der Waals surface area contributed by atoms with Gasteiger partial charge in [0.05, 0.1) is 6.42 Å². The maximum atomic E-state index is 12.8. The zero-order chi connectivity index (χ0) is 31.1. The second-order valence-electron chi connectivity index (χ2n) is 12.9. The summed E-state index contributed by atoms with van der Waals surface area (Å²) in [4.78, 5) is 50.2. The van der Waals surface area contributed by atoms with E-state index in [0.29, 0.717) is 12.0 Å². The number of esters is 1. The van der Waals surface area contributed by atoms with Crippen molar-refractivity contribution in [3.8, 4) is 11.5 Å². The second-order valence-corrected chi connectivity index (χ2v) is 12.9. The minimum atomic E-state index is -2.13. The lowest BCUT2D eigenvalue weighted by Gasteiger charge is -2.34. The predicted molar refractivity (Wildman–Crippen MR) is 147 cm³/mol. The van der Waals surface area contributed by atoms with E-state index in [-0.39, 0.29) is 30.4 Å². The summed E-state index contributed by atoms with van der Waals surface area (Å²) in [6.45, 7) is 19.1. The molecule has 1 aromatic carbocycles. The SMILES string of the molecule is CCC(C)N[C@@](Cc1ccc(OC(=O)OC(C)(C)C)c(OC(=O)OC(C)(C)C)c1)(OC(=O)CC(C)(C)C)C(=O)O. The Labute approximate surface area is 236 Å². The molecule has 0 radical (unpaired) electrons. The Balaban J connectivity index is 3.53. The van der Waals surface area contributed by atoms with E-state index in [9.17, 15) is 24.3 Å². The van der Waals surface area contributed by atoms with E-state index in [1.807, 2.05) is 27.7 Å². The first-order chi connectivity index (χ1) is 18.0. The fraction of sp³-hybridized carbons (Fsp3) is 0.655. The Hall–Kier alpha value is -3.34. The van der Waals surface area contributed by atoms with Crippen molar-refractivity contribution in [2.45, 2.75) is 118 Å². The molecule has 0 aliphatic heterocycles. The lowest BCUT2D eigenvalue weighted by molar-refractivity contribution is -0.185. The highest BCUT2D eigenvalue weighted by molar-refractivity contribution is 5.82. The number of carboxylic acids is 1. The van der Waals surface area contributed by atoms with Crippen molar-refractivity contribution < 1.29 is 48.0 Å². The Morgan fingerprint density at radius 2 is 1.32 bits per heavy atom. The van der Waals surface area contributed by atoms with Crippen molar-refractivity contribution >= 4 is 24.2 Å². The minimum absolute atomic E-state index is 0.0140. The van der Waals surface area contributed by atoms with Gasteiger partial charge in [0, 0.05) is 12.5 Å². The first kappa shape index (κ1) is 34.7. The smallest absolute Gasteiger partial charge is 0.477 e. The molecule has 0 aliphatic rings. The Morgan fingerprint density at radius 1 is 0.825 bits per heavy atom. The highest BCUT2D eigenvalue weighted by atomic mass is 16.8. The van der Waals surface area contributed by atoms with Crippen LogP contribution in [-0.2, 0) is 30.2 Å². The monoisotopic (exact) mass is 567 g/mol. The number of hydrogen-bond acceptors (Lipinski definition) is 10. The molecule has 11 nitrogen and oxygen atoms in total. The van der Waals surface area contributed by atoms with E-state index >= 15 is 0 Å². The molecule has 0 bridgehead atoms. The third-order valence-electron chi connectivity index (χ3n) is 5.03. The van der Waals surface area contributed by atoms with Gasteiger partial charge in [-0.25, -0.2) is 14.4 Å². The molecule has 0 amide bonds. The normalized spacial score (nSPS) is 14.4. The van der Waals surface area contributed by atoms with Crippen LogP contribution in [0.25, 0.3) is 0 Å². The summed E-state index contributed by atoms with van der Waals surface area (Å²) in [5.41, 5.74) is -3.98. The summed E-state index contributed by atoms with van der Waals surface area (Å²) in [5.74, 6) is -2.48. The van der Waals surface area contributed by atoms with Gasteiger partial charge in [-0.1, -0.05) is 33.8 Å². The molecule has 0 spiro atoms. The van der Waals surface area contributed by atoms with E-state index < -0.39 is 46.6 Å². The van der Waals surface area contributed by atoms with Gasteiger partial charge in [-0.15, -0.1) is 0 Å². The highest BCUT2D eigenvalue weighted by Crippen LogP contribution is 2.32. The van der Waals surface area contributed by atoms with Crippen LogP contribution in [-0.4, -0.2) is 52.3 Å². The van der Waals surface area contributed by atoms with Gasteiger partial charge in [0.1, 0.15) is 11.2 Å². The molecule has 2 atom stereocenters. The van der Waals surface area contributed by atoms with Crippen LogP contribution < -0.4 is 14.8 Å². The number of carbonyl (C=O) groups excluding carboxylic acids is 3. The van der Waals surface area contributed by atoms with Crippen LogP contribution in [0.3, 0.4) is 0 Å². The van der Waals surface area contributed by atoms with Crippen LogP contribution in [0.2, 0.25) is 0 Å². The summed E-state index contributed by atoms with van der Waals surface area (Å²) < 4.78 is 26.6. The number of aliphatic carboxylic acids is 1. The van der Waals surface area contributed by atoms with Crippen LogP contribution in [0.15, 0.2) is 18.2 Å². The van der Waals surface area contributed by atoms with Crippen molar-refractivity contribution in [2.75, 3.05) is 0 Å². The molecule has 1 rings (SSSR count). The molecule has 226 valence electrons. The van der Waals surface area contributed by atoms with E-state index in [1.165, 1.54) is 18.2 Å². The minimum Gasteiger partial charge on any atom is -0.477 e. The van der Waals surface area contributed by atoms with Crippen LogP contribution in [0.1, 0.15) is 94.6 Å². The zero-order valence-electron chi connectivity index (χ0n) is 25.6. The predicted octanol–water partition coefficient (Wildman–Crippen LogP) is 6.01. The summed E-state index contributed by atoms with van der Waals surface area (Å²) in [7, 11) is 0. The molecular formula is C29H45NO10. The molecule has 0 fully saturated rings. The lowest BCUT2D eigenvalue weighted by atomic mass is 9.92. The fourth-order valence-corrected chi connectivity index (χ4v) is 3.30. The number of hydrogen-bond donors (Lipinski definition) is 2. The third kappa shape index (κ3) is 12.7. The average Bonchev–Trinajstić information content (AvgIpc) is 2.71. The molecular weight excluding hydrogens is 522 g/mol. The molecule has 40 heavy (non-hydrogen) atoms. The number of ether oxygens (including phenoxy) is 5. The van der Waals surface area contributed by atoms with Crippen LogP contribution >= 0.6 is 0 Å². The fourth-order valence-electron chi connectivity index (χ4n) is 3.30. The number of nitrogens with one attached hydrogen (secondary N) is 1. The molecule has 0 saturated carbocycles. The van der Waals surface area contributed by atoms with E-state index in [1.54, 1.807) is 48.5 Å². The summed E-state index contributed by atoms with van der Waals surface area (Å²) >= 11 is 0. The van der Waals surface area contributed by atoms with Crippen molar-refractivity contribution in [3.05, 3.63) is 23.8 Å². The van der Waals surface area contributed by atoms with Gasteiger partial charge >= 0.3 is 24.2 Å². The average molecular weight is 568 g/mol. The molecule has 0 saturated heterocycles. The second kappa shape index (κ2) is 13.3.